The number of non-ortho nitro benzene ring substituents is 1. The molecule has 1 amide bonds. The maximum atomic E-state index is 13.5. The molecule has 41 heavy (non-hydrogen) atoms. The van der Waals surface area contributed by atoms with E-state index in [0.29, 0.717) is 62.8 Å². The lowest BCUT2D eigenvalue weighted by molar-refractivity contribution is -0.384. The summed E-state index contributed by atoms with van der Waals surface area (Å²) in [5, 5.41) is 11.7. The minimum atomic E-state index is -0.499. The number of nitrogens with zero attached hydrogens (tertiary/aromatic N) is 4. The summed E-state index contributed by atoms with van der Waals surface area (Å²) in [5.41, 5.74) is 3.18. The van der Waals surface area contributed by atoms with Gasteiger partial charge in [0, 0.05) is 55.9 Å². The largest absolute Gasteiger partial charge is 0.489 e. The van der Waals surface area contributed by atoms with Gasteiger partial charge in [-0.25, -0.2) is 4.79 Å². The molecule has 1 fully saturated rings. The molecule has 4 aromatic rings. The van der Waals surface area contributed by atoms with Gasteiger partial charge in [0.15, 0.2) is 0 Å². The van der Waals surface area contributed by atoms with Gasteiger partial charge in [-0.2, -0.15) is 0 Å². The van der Waals surface area contributed by atoms with Gasteiger partial charge in [-0.3, -0.25) is 19.8 Å². The van der Waals surface area contributed by atoms with Crippen LogP contribution in [0.2, 0.25) is 0 Å². The summed E-state index contributed by atoms with van der Waals surface area (Å²) in [6, 6.07) is 21.9. The Morgan fingerprint density at radius 1 is 0.951 bits per heavy atom. The van der Waals surface area contributed by atoms with Crippen LogP contribution in [-0.2, 0) is 17.8 Å². The van der Waals surface area contributed by atoms with Gasteiger partial charge in [0.05, 0.1) is 11.5 Å². The van der Waals surface area contributed by atoms with Gasteiger partial charge in [0.1, 0.15) is 23.6 Å². The Morgan fingerprint density at radius 2 is 1.71 bits per heavy atom. The van der Waals surface area contributed by atoms with Gasteiger partial charge < -0.3 is 19.0 Å². The summed E-state index contributed by atoms with van der Waals surface area (Å²) in [5.74, 6) is 0.546. The van der Waals surface area contributed by atoms with Gasteiger partial charge in [0.2, 0.25) is 5.91 Å². The van der Waals surface area contributed by atoms with Gasteiger partial charge in [-0.05, 0) is 54.3 Å². The van der Waals surface area contributed by atoms with Crippen molar-refractivity contribution < 1.29 is 18.9 Å². The number of rotatable bonds is 7. The number of ether oxygens (including phenoxy) is 1. The topological polar surface area (TPSA) is 109 Å². The predicted octanol–water partition coefficient (Wildman–Crippen LogP) is 4.38. The van der Waals surface area contributed by atoms with Crippen LogP contribution in [0.3, 0.4) is 0 Å². The normalized spacial score (nSPS) is 15.5. The average molecular weight is 555 g/mol. The number of anilines is 2. The number of fused-ring (bicyclic) bond motifs is 3. The molecular formula is C31H30N4O6. The van der Waals surface area contributed by atoms with Gasteiger partial charge in [0.25, 0.3) is 5.69 Å². The highest BCUT2D eigenvalue weighted by molar-refractivity contribution is 5.98. The zero-order chi connectivity index (χ0) is 28.3. The van der Waals surface area contributed by atoms with Crippen LogP contribution >= 0.6 is 0 Å². The fourth-order valence-electron chi connectivity index (χ4n) is 5.59. The molecule has 0 atom stereocenters. The molecule has 10 nitrogen and oxygen atoms in total. The second kappa shape index (κ2) is 11.4. The number of piperazine rings is 1. The first-order chi connectivity index (χ1) is 20.0. The van der Waals surface area contributed by atoms with Crippen LogP contribution in [0.5, 0.6) is 5.75 Å². The van der Waals surface area contributed by atoms with E-state index in [0.717, 1.165) is 28.6 Å². The molecule has 3 heterocycles. The van der Waals surface area contributed by atoms with Gasteiger partial charge in [-0.15, -0.1) is 0 Å². The fraction of sp³-hybridized carbons (Fsp3) is 0.290. The van der Waals surface area contributed by atoms with Crippen LogP contribution < -0.4 is 20.2 Å². The van der Waals surface area contributed by atoms with Gasteiger partial charge >= 0.3 is 5.63 Å². The Bertz CT molecular complexity index is 1630. The monoisotopic (exact) mass is 554 g/mol. The van der Waals surface area contributed by atoms with E-state index in [4.69, 9.17) is 9.15 Å². The number of hydrogen-bond donors (Lipinski definition) is 0. The summed E-state index contributed by atoms with van der Waals surface area (Å²) < 4.78 is 11.7. The number of carbonyl (C=O) groups is 1. The van der Waals surface area contributed by atoms with E-state index in [1.165, 1.54) is 12.1 Å². The van der Waals surface area contributed by atoms with Crippen LogP contribution in [0.4, 0.5) is 17.1 Å². The van der Waals surface area contributed by atoms with Crippen LogP contribution in [0.15, 0.2) is 82.0 Å². The lowest BCUT2D eigenvalue weighted by Gasteiger charge is -2.37. The third kappa shape index (κ3) is 5.64. The molecule has 1 aromatic heterocycles. The third-order valence-corrected chi connectivity index (χ3v) is 7.74. The van der Waals surface area contributed by atoms with E-state index in [1.54, 1.807) is 29.2 Å². The lowest BCUT2D eigenvalue weighted by Crippen LogP contribution is -2.51. The lowest BCUT2D eigenvalue weighted by atomic mass is 9.98. The molecule has 2 aliphatic rings. The first-order valence-corrected chi connectivity index (χ1v) is 13.7. The first kappa shape index (κ1) is 26.5. The van der Waals surface area contributed by atoms with Crippen molar-refractivity contribution >= 4 is 33.9 Å². The zero-order valence-corrected chi connectivity index (χ0v) is 22.5. The minimum Gasteiger partial charge on any atom is -0.489 e. The van der Waals surface area contributed by atoms with Gasteiger partial charge in [-0.1, -0.05) is 30.3 Å². The fourth-order valence-corrected chi connectivity index (χ4v) is 5.59. The molecule has 0 radical (unpaired) electrons. The van der Waals surface area contributed by atoms with Crippen molar-refractivity contribution in [3.63, 3.8) is 0 Å². The molecular weight excluding hydrogens is 524 g/mol. The second-order valence-electron chi connectivity index (χ2n) is 10.3. The summed E-state index contributed by atoms with van der Waals surface area (Å²) in [4.78, 5) is 42.9. The molecule has 3 aromatic carbocycles. The maximum Gasteiger partial charge on any atom is 0.360 e. The summed E-state index contributed by atoms with van der Waals surface area (Å²) >= 11 is 0. The number of amides is 1. The molecule has 1 saturated heterocycles. The Hall–Kier alpha value is -4.70. The number of nitro benzene ring substituents is 1. The highest BCUT2D eigenvalue weighted by Gasteiger charge is 2.30. The third-order valence-electron chi connectivity index (χ3n) is 7.74. The van der Waals surface area contributed by atoms with Crippen LogP contribution in [0.1, 0.15) is 17.5 Å². The molecule has 0 bridgehead atoms. The quantitative estimate of drug-likeness (QED) is 0.188. The van der Waals surface area contributed by atoms with E-state index in [9.17, 15) is 19.7 Å². The molecule has 0 unspecified atom stereocenters. The van der Waals surface area contributed by atoms with Crippen LogP contribution in [0, 0.1) is 10.1 Å². The molecule has 10 heteroatoms. The average Bonchev–Trinajstić information content (AvgIpc) is 3.01. The first-order valence-electron chi connectivity index (χ1n) is 13.7. The Morgan fingerprint density at radius 3 is 2.44 bits per heavy atom. The van der Waals surface area contributed by atoms with Crippen molar-refractivity contribution in [3.8, 4) is 5.75 Å². The Kier molecular flexibility index (Phi) is 7.39. The highest BCUT2D eigenvalue weighted by atomic mass is 16.6. The van der Waals surface area contributed by atoms with Crippen molar-refractivity contribution in [3.05, 3.63) is 104 Å². The van der Waals surface area contributed by atoms with E-state index in [1.807, 2.05) is 36.4 Å². The van der Waals surface area contributed by atoms with E-state index in [2.05, 4.69) is 9.80 Å². The summed E-state index contributed by atoms with van der Waals surface area (Å²) in [7, 11) is 0. The predicted molar refractivity (Wildman–Crippen MR) is 156 cm³/mol. The number of nitro groups is 1. The SMILES string of the molecule is O=C(CN1CCN(c2ccc([N+](=O)[O-])cc2)CC1)N1CCCc2c1c(=O)oc1ccc(OCc3ccccc3)cc21. The molecule has 6 rings (SSSR count). The highest BCUT2D eigenvalue weighted by Crippen LogP contribution is 2.33. The molecule has 0 aliphatic carbocycles. The van der Waals surface area contributed by atoms with Crippen molar-refractivity contribution in [1.29, 1.82) is 0 Å². The standard InChI is InChI=1S/C31H30N4O6/c36-29(20-32-15-17-33(18-16-32)23-8-10-24(11-9-23)35(38)39)34-14-4-7-26-27-19-25(40-21-22-5-2-1-3-6-22)12-13-28(27)41-31(37)30(26)34/h1-3,5-6,8-13,19H,4,7,14-18,20-21H2. The summed E-state index contributed by atoms with van der Waals surface area (Å²) in [6.45, 7) is 3.81. The maximum absolute atomic E-state index is 13.5. The number of carbonyl (C=O) groups excluding carboxylic acids is 1. The van der Waals surface area contributed by atoms with Crippen molar-refractivity contribution in [2.24, 2.45) is 0 Å². The molecule has 0 spiro atoms. The van der Waals surface area contributed by atoms with Crippen LogP contribution in [0.25, 0.3) is 11.0 Å². The smallest absolute Gasteiger partial charge is 0.360 e. The number of aryl methyl sites for hydroxylation is 1. The van der Waals surface area contributed by atoms with E-state index < -0.39 is 10.5 Å². The van der Waals surface area contributed by atoms with E-state index >= 15 is 0 Å². The molecule has 210 valence electrons. The summed E-state index contributed by atoms with van der Waals surface area (Å²) in [6.07, 6.45) is 1.43. The Balaban J connectivity index is 1.15. The van der Waals surface area contributed by atoms with Crippen molar-refractivity contribution in [2.45, 2.75) is 19.4 Å². The number of benzene rings is 3. The van der Waals surface area contributed by atoms with Crippen molar-refractivity contribution in [2.75, 3.05) is 49.1 Å². The number of hydrogen-bond acceptors (Lipinski definition) is 8. The second-order valence-corrected chi connectivity index (χ2v) is 10.3. The molecule has 2 aliphatic heterocycles. The molecule has 0 saturated carbocycles. The van der Waals surface area contributed by atoms with E-state index in [-0.39, 0.29) is 18.1 Å². The van der Waals surface area contributed by atoms with Crippen LogP contribution in [-0.4, -0.2) is 55.0 Å². The van der Waals surface area contributed by atoms with Crippen molar-refractivity contribution in [1.82, 2.24) is 4.90 Å². The Labute approximate surface area is 236 Å². The minimum absolute atomic E-state index is 0.0629. The zero-order valence-electron chi connectivity index (χ0n) is 22.5. The molecule has 0 N–H and O–H groups in total.